The Morgan fingerprint density at radius 1 is 1.42 bits per heavy atom. The number of nitrogens with zero attached hydrogens (tertiary/aromatic N) is 1. The summed E-state index contributed by atoms with van der Waals surface area (Å²) < 4.78 is 11.0. The summed E-state index contributed by atoms with van der Waals surface area (Å²) in [6, 6.07) is 3.94. The first kappa shape index (κ1) is 18.1. The maximum absolute atomic E-state index is 12.3. The summed E-state index contributed by atoms with van der Waals surface area (Å²) in [7, 11) is 1.27. The number of carbonyl (C=O) groups excluding carboxylic acids is 2. The standard InChI is InChI=1S/C16H19ClN2O5/c1-4-9(2)14(15(21)23-3)18-13(20)8-19-11-6-5-10(17)7-12(11)24-16(19)22/h5-7,9,14H,4,8H2,1-3H3,(H,18,20)/t9-,14+/m1/s1. The number of rotatable bonds is 6. The van der Waals surface area contributed by atoms with Crippen molar-refractivity contribution in [3.05, 3.63) is 33.8 Å². The normalized spacial score (nSPS) is 13.5. The zero-order valence-electron chi connectivity index (χ0n) is 13.7. The number of esters is 1. The molecule has 2 rings (SSSR count). The number of nitrogens with one attached hydrogen (secondary N) is 1. The summed E-state index contributed by atoms with van der Waals surface area (Å²) >= 11 is 5.85. The minimum atomic E-state index is -0.768. The second-order valence-electron chi connectivity index (χ2n) is 5.52. The topological polar surface area (TPSA) is 90.5 Å². The average molecular weight is 355 g/mol. The lowest BCUT2D eigenvalue weighted by atomic mass is 9.99. The summed E-state index contributed by atoms with van der Waals surface area (Å²) in [6.07, 6.45) is 0.688. The Kier molecular flexibility index (Phi) is 5.66. The molecule has 8 heteroatoms. The van der Waals surface area contributed by atoms with E-state index in [1.54, 1.807) is 12.1 Å². The van der Waals surface area contributed by atoms with Crippen molar-refractivity contribution in [2.75, 3.05) is 7.11 Å². The van der Waals surface area contributed by atoms with Crippen molar-refractivity contribution >= 4 is 34.6 Å². The summed E-state index contributed by atoms with van der Waals surface area (Å²) in [6.45, 7) is 3.48. The number of hydrogen-bond donors (Lipinski definition) is 1. The Labute approximate surface area is 143 Å². The third-order valence-corrected chi connectivity index (χ3v) is 4.15. The number of aromatic nitrogens is 1. The van der Waals surface area contributed by atoms with E-state index >= 15 is 0 Å². The van der Waals surface area contributed by atoms with Crippen LogP contribution in [-0.4, -0.2) is 29.6 Å². The van der Waals surface area contributed by atoms with Crippen LogP contribution in [0.4, 0.5) is 0 Å². The predicted octanol–water partition coefficient (Wildman–Crippen LogP) is 1.95. The fourth-order valence-corrected chi connectivity index (χ4v) is 2.51. The molecule has 0 aliphatic heterocycles. The van der Waals surface area contributed by atoms with Gasteiger partial charge in [-0.25, -0.2) is 9.59 Å². The highest BCUT2D eigenvalue weighted by Gasteiger charge is 2.27. The lowest BCUT2D eigenvalue weighted by Crippen LogP contribution is -2.47. The molecule has 0 fully saturated rings. The van der Waals surface area contributed by atoms with Gasteiger partial charge in [-0.3, -0.25) is 9.36 Å². The number of hydrogen-bond acceptors (Lipinski definition) is 5. The first-order chi connectivity index (χ1) is 11.4. The highest BCUT2D eigenvalue weighted by Crippen LogP contribution is 2.18. The van der Waals surface area contributed by atoms with Crippen LogP contribution in [0.5, 0.6) is 0 Å². The Hall–Kier alpha value is -2.28. The van der Waals surface area contributed by atoms with Crippen molar-refractivity contribution in [1.29, 1.82) is 0 Å². The van der Waals surface area contributed by atoms with Gasteiger partial charge in [0.05, 0.1) is 12.6 Å². The monoisotopic (exact) mass is 354 g/mol. The van der Waals surface area contributed by atoms with E-state index < -0.39 is 23.7 Å². The zero-order valence-corrected chi connectivity index (χ0v) is 14.4. The Morgan fingerprint density at radius 3 is 2.75 bits per heavy atom. The van der Waals surface area contributed by atoms with Crippen LogP contribution in [0.25, 0.3) is 11.1 Å². The Bertz CT molecular complexity index is 810. The van der Waals surface area contributed by atoms with Crippen molar-refractivity contribution in [3.8, 4) is 0 Å². The largest absolute Gasteiger partial charge is 0.467 e. The van der Waals surface area contributed by atoms with Crippen LogP contribution in [0.2, 0.25) is 5.02 Å². The van der Waals surface area contributed by atoms with E-state index in [2.05, 4.69) is 5.32 Å². The molecule has 7 nitrogen and oxygen atoms in total. The van der Waals surface area contributed by atoms with E-state index in [0.717, 1.165) is 0 Å². The Balaban J connectivity index is 2.21. The number of fused-ring (bicyclic) bond motifs is 1. The van der Waals surface area contributed by atoms with Crippen molar-refractivity contribution in [2.45, 2.75) is 32.9 Å². The van der Waals surface area contributed by atoms with Gasteiger partial charge >= 0.3 is 11.7 Å². The third-order valence-electron chi connectivity index (χ3n) is 3.92. The minimum Gasteiger partial charge on any atom is -0.467 e. The minimum absolute atomic E-state index is 0.0991. The first-order valence-electron chi connectivity index (χ1n) is 7.53. The predicted molar refractivity (Wildman–Crippen MR) is 88.9 cm³/mol. The van der Waals surface area contributed by atoms with Gasteiger partial charge in [-0.15, -0.1) is 0 Å². The molecular weight excluding hydrogens is 336 g/mol. The van der Waals surface area contributed by atoms with Crippen LogP contribution in [0.1, 0.15) is 20.3 Å². The molecule has 1 amide bonds. The van der Waals surface area contributed by atoms with Gasteiger partial charge in [0.2, 0.25) is 5.91 Å². The number of benzene rings is 1. The molecule has 2 atom stereocenters. The van der Waals surface area contributed by atoms with Gasteiger partial charge in [-0.1, -0.05) is 31.9 Å². The molecule has 24 heavy (non-hydrogen) atoms. The molecule has 1 heterocycles. The number of methoxy groups -OCH3 is 1. The van der Waals surface area contributed by atoms with Gasteiger partial charge < -0.3 is 14.5 Å². The summed E-state index contributed by atoms with van der Waals surface area (Å²) in [5.41, 5.74) is 0.754. The fraction of sp³-hybridized carbons (Fsp3) is 0.438. The van der Waals surface area contributed by atoms with Crippen molar-refractivity contribution in [2.24, 2.45) is 5.92 Å². The maximum atomic E-state index is 12.3. The van der Waals surface area contributed by atoms with E-state index in [4.69, 9.17) is 20.8 Å². The second-order valence-corrected chi connectivity index (χ2v) is 5.96. The molecule has 2 aromatic rings. The van der Waals surface area contributed by atoms with Crippen LogP contribution in [0.15, 0.2) is 27.4 Å². The molecule has 0 radical (unpaired) electrons. The van der Waals surface area contributed by atoms with E-state index in [-0.39, 0.29) is 12.5 Å². The number of carbonyl (C=O) groups is 2. The smallest absolute Gasteiger partial charge is 0.420 e. The molecule has 0 saturated carbocycles. The van der Waals surface area contributed by atoms with E-state index in [0.29, 0.717) is 22.5 Å². The second kappa shape index (κ2) is 7.53. The van der Waals surface area contributed by atoms with Crippen LogP contribution in [0, 0.1) is 5.92 Å². The van der Waals surface area contributed by atoms with E-state index in [1.165, 1.54) is 17.7 Å². The van der Waals surface area contributed by atoms with Crippen LogP contribution in [-0.2, 0) is 20.9 Å². The number of halogens is 1. The Morgan fingerprint density at radius 2 is 2.12 bits per heavy atom. The van der Waals surface area contributed by atoms with Gasteiger partial charge in [0, 0.05) is 11.1 Å². The molecule has 1 N–H and O–H groups in total. The van der Waals surface area contributed by atoms with Gasteiger partial charge in [-0.2, -0.15) is 0 Å². The molecule has 0 bridgehead atoms. The third kappa shape index (κ3) is 3.79. The summed E-state index contributed by atoms with van der Waals surface area (Å²) in [5.74, 6) is -1.77. The summed E-state index contributed by atoms with van der Waals surface area (Å²) in [4.78, 5) is 36.0. The average Bonchev–Trinajstić information content (AvgIpc) is 2.85. The molecule has 1 aromatic heterocycles. The SMILES string of the molecule is CC[C@@H](C)[C@H](NC(=O)Cn1c(=O)oc2cc(Cl)ccc21)C(=O)OC. The van der Waals surface area contributed by atoms with E-state index in [1.807, 2.05) is 13.8 Å². The maximum Gasteiger partial charge on any atom is 0.420 e. The number of ether oxygens (including phenoxy) is 1. The molecule has 1 aromatic carbocycles. The molecule has 0 aliphatic rings. The van der Waals surface area contributed by atoms with Crippen molar-refractivity contribution in [3.63, 3.8) is 0 Å². The first-order valence-corrected chi connectivity index (χ1v) is 7.91. The molecule has 0 spiro atoms. The van der Waals surface area contributed by atoms with Gasteiger partial charge in [0.1, 0.15) is 12.6 Å². The highest BCUT2D eigenvalue weighted by atomic mass is 35.5. The summed E-state index contributed by atoms with van der Waals surface area (Å²) in [5, 5.41) is 3.05. The van der Waals surface area contributed by atoms with Crippen LogP contribution in [0.3, 0.4) is 0 Å². The quantitative estimate of drug-likeness (QED) is 0.801. The molecule has 130 valence electrons. The van der Waals surface area contributed by atoms with E-state index in [9.17, 15) is 14.4 Å². The van der Waals surface area contributed by atoms with Gasteiger partial charge in [0.25, 0.3) is 0 Å². The molecular formula is C16H19ClN2O5. The number of amides is 1. The van der Waals surface area contributed by atoms with Crippen molar-refractivity contribution in [1.82, 2.24) is 9.88 Å². The number of oxazole rings is 1. The molecule has 0 aliphatic carbocycles. The lowest BCUT2D eigenvalue weighted by Gasteiger charge is -2.21. The zero-order chi connectivity index (χ0) is 17.9. The van der Waals surface area contributed by atoms with Crippen LogP contribution < -0.4 is 11.1 Å². The lowest BCUT2D eigenvalue weighted by molar-refractivity contribution is -0.146. The van der Waals surface area contributed by atoms with Gasteiger partial charge in [-0.05, 0) is 18.1 Å². The van der Waals surface area contributed by atoms with Crippen LogP contribution >= 0.6 is 11.6 Å². The molecule has 0 saturated heterocycles. The van der Waals surface area contributed by atoms with Crippen molar-refractivity contribution < 1.29 is 18.7 Å². The fourth-order valence-electron chi connectivity index (χ4n) is 2.35. The highest BCUT2D eigenvalue weighted by molar-refractivity contribution is 6.31. The molecule has 0 unspecified atom stereocenters. The van der Waals surface area contributed by atoms with Gasteiger partial charge in [0.15, 0.2) is 5.58 Å².